The van der Waals surface area contributed by atoms with Crippen molar-refractivity contribution in [3.05, 3.63) is 63.3 Å². The van der Waals surface area contributed by atoms with Crippen molar-refractivity contribution in [1.82, 2.24) is 0 Å². The number of aliphatic hydroxyl groups is 1. The van der Waals surface area contributed by atoms with Gasteiger partial charge in [0.2, 0.25) is 0 Å². The van der Waals surface area contributed by atoms with Crippen LogP contribution in [0.3, 0.4) is 0 Å². The Bertz CT molecular complexity index is 1240. The Labute approximate surface area is 180 Å². The normalized spacial score (nSPS) is 15.6. The third-order valence-electron chi connectivity index (χ3n) is 5.60. The van der Waals surface area contributed by atoms with Gasteiger partial charge in [0.1, 0.15) is 40.1 Å². The first-order valence-corrected chi connectivity index (χ1v) is 10.2. The second kappa shape index (κ2) is 7.46. The van der Waals surface area contributed by atoms with Crippen LogP contribution in [0.2, 0.25) is 0 Å². The highest BCUT2D eigenvalue weighted by molar-refractivity contribution is 5.92. The predicted octanol–water partition coefficient (Wildman–Crippen LogP) is 4.45. The summed E-state index contributed by atoms with van der Waals surface area (Å²) in [6, 6.07) is 7.67. The molecule has 0 bridgehead atoms. The van der Waals surface area contributed by atoms with Crippen LogP contribution in [-0.2, 0) is 12.8 Å². The molecule has 1 aliphatic rings. The zero-order valence-corrected chi connectivity index (χ0v) is 18.0. The summed E-state index contributed by atoms with van der Waals surface area (Å²) in [6.45, 7) is 7.24. The first-order valence-electron chi connectivity index (χ1n) is 10.2. The van der Waals surface area contributed by atoms with Gasteiger partial charge in [0.25, 0.3) is 0 Å². The van der Waals surface area contributed by atoms with Crippen LogP contribution in [0.4, 0.5) is 0 Å². The van der Waals surface area contributed by atoms with Crippen molar-refractivity contribution in [3.63, 3.8) is 0 Å². The Morgan fingerprint density at radius 3 is 2.48 bits per heavy atom. The van der Waals surface area contributed by atoms with Crippen molar-refractivity contribution in [1.29, 1.82) is 0 Å². The maximum atomic E-state index is 13.1. The monoisotopic (exact) mass is 422 g/mol. The number of rotatable bonds is 4. The minimum atomic E-state index is -1.12. The van der Waals surface area contributed by atoms with E-state index in [4.69, 9.17) is 9.15 Å². The van der Waals surface area contributed by atoms with Crippen molar-refractivity contribution in [2.24, 2.45) is 0 Å². The van der Waals surface area contributed by atoms with Gasteiger partial charge >= 0.3 is 0 Å². The van der Waals surface area contributed by atoms with E-state index in [-0.39, 0.29) is 27.9 Å². The Morgan fingerprint density at radius 1 is 1.19 bits per heavy atom. The highest BCUT2D eigenvalue weighted by Crippen LogP contribution is 2.46. The molecule has 0 aliphatic carbocycles. The van der Waals surface area contributed by atoms with E-state index < -0.39 is 11.7 Å². The number of phenols is 2. The number of hydrogen-bond donors (Lipinski definition) is 3. The van der Waals surface area contributed by atoms with E-state index in [1.807, 2.05) is 19.9 Å². The van der Waals surface area contributed by atoms with Crippen LogP contribution in [0, 0.1) is 0 Å². The van der Waals surface area contributed by atoms with Gasteiger partial charge in [-0.05, 0) is 58.4 Å². The number of fused-ring (bicyclic) bond motifs is 3. The maximum Gasteiger partial charge on any atom is 0.197 e. The molecule has 162 valence electrons. The molecule has 0 unspecified atom stereocenters. The second-order valence-electron chi connectivity index (χ2n) is 8.81. The van der Waals surface area contributed by atoms with E-state index in [0.29, 0.717) is 41.0 Å². The summed E-state index contributed by atoms with van der Waals surface area (Å²) in [5, 5.41) is 31.2. The molecule has 0 spiro atoms. The van der Waals surface area contributed by atoms with Crippen molar-refractivity contribution in [2.45, 2.75) is 52.2 Å². The minimum Gasteiger partial charge on any atom is -0.508 e. The van der Waals surface area contributed by atoms with Gasteiger partial charge in [0.05, 0.1) is 5.60 Å². The largest absolute Gasteiger partial charge is 0.508 e. The van der Waals surface area contributed by atoms with E-state index in [9.17, 15) is 20.1 Å². The smallest absolute Gasteiger partial charge is 0.197 e. The Morgan fingerprint density at radius 2 is 1.87 bits per heavy atom. The fraction of sp³-hybridized carbons (Fsp3) is 0.320. The fourth-order valence-electron chi connectivity index (χ4n) is 3.83. The van der Waals surface area contributed by atoms with Crippen molar-refractivity contribution < 1.29 is 24.5 Å². The lowest BCUT2D eigenvalue weighted by Crippen LogP contribution is -2.39. The van der Waals surface area contributed by atoms with E-state index in [2.05, 4.69) is 0 Å². The molecule has 2 heterocycles. The SMILES string of the molecule is CC(C)=CCc1c2c(c3oc(-c4ccc(O)cc4)cc(=O)c3c1O)C[C@@H](C(C)(C)O)O2. The lowest BCUT2D eigenvalue weighted by molar-refractivity contribution is -0.0232. The molecule has 6 nitrogen and oxygen atoms in total. The zero-order chi connectivity index (χ0) is 22.5. The Balaban J connectivity index is 1.99. The summed E-state index contributed by atoms with van der Waals surface area (Å²) in [6.07, 6.45) is 2.15. The van der Waals surface area contributed by atoms with Gasteiger partial charge < -0.3 is 24.5 Å². The Kier molecular flexibility index (Phi) is 5.06. The van der Waals surface area contributed by atoms with Crippen LogP contribution >= 0.6 is 0 Å². The molecule has 1 atom stereocenters. The molecule has 0 saturated carbocycles. The molecular formula is C25H26O6. The van der Waals surface area contributed by atoms with Crippen LogP contribution in [0.1, 0.15) is 38.8 Å². The molecule has 0 amide bonds. The molecular weight excluding hydrogens is 396 g/mol. The van der Waals surface area contributed by atoms with Crippen molar-refractivity contribution in [2.75, 3.05) is 0 Å². The number of hydrogen-bond acceptors (Lipinski definition) is 6. The average molecular weight is 422 g/mol. The maximum absolute atomic E-state index is 13.1. The number of phenolic OH excluding ortho intramolecular Hbond substituents is 2. The molecule has 0 fully saturated rings. The topological polar surface area (TPSA) is 100 Å². The molecule has 6 heteroatoms. The van der Waals surface area contributed by atoms with Crippen molar-refractivity contribution in [3.8, 4) is 28.6 Å². The van der Waals surface area contributed by atoms with Gasteiger partial charge in [-0.3, -0.25) is 4.79 Å². The summed E-state index contributed by atoms with van der Waals surface area (Å²) in [4.78, 5) is 13.1. The lowest BCUT2D eigenvalue weighted by atomic mass is 9.94. The first kappa shape index (κ1) is 21.0. The second-order valence-corrected chi connectivity index (χ2v) is 8.81. The predicted molar refractivity (Wildman–Crippen MR) is 119 cm³/mol. The standard InChI is InChI=1S/C25H26O6/c1-13(2)5-10-16-22(28)21-18(27)12-19(14-6-8-15(26)9-7-14)30-24(21)17-11-20(25(3,4)29)31-23(16)17/h5-9,12,20,26,28-29H,10-11H2,1-4H3/t20-/m0/s1. The van der Waals surface area contributed by atoms with Crippen molar-refractivity contribution >= 4 is 11.0 Å². The summed E-state index contributed by atoms with van der Waals surface area (Å²) >= 11 is 0. The van der Waals surface area contributed by atoms with E-state index in [1.54, 1.807) is 26.0 Å². The van der Waals surface area contributed by atoms with Gasteiger partial charge in [-0.1, -0.05) is 11.6 Å². The van der Waals surface area contributed by atoms with Crippen LogP contribution in [-0.4, -0.2) is 27.0 Å². The van der Waals surface area contributed by atoms with Gasteiger partial charge in [-0.25, -0.2) is 0 Å². The number of allylic oxidation sites excluding steroid dienone is 2. The van der Waals surface area contributed by atoms with E-state index in [1.165, 1.54) is 18.2 Å². The van der Waals surface area contributed by atoms with Gasteiger partial charge in [-0.2, -0.15) is 0 Å². The molecule has 0 saturated heterocycles. The molecule has 3 N–H and O–H groups in total. The Hall–Kier alpha value is -3.25. The van der Waals surface area contributed by atoms with Gasteiger partial charge in [-0.15, -0.1) is 0 Å². The van der Waals surface area contributed by atoms with Crippen LogP contribution in [0.25, 0.3) is 22.3 Å². The highest BCUT2D eigenvalue weighted by atomic mass is 16.5. The van der Waals surface area contributed by atoms with Gasteiger partial charge in [0.15, 0.2) is 5.43 Å². The fourth-order valence-corrected chi connectivity index (χ4v) is 3.83. The van der Waals surface area contributed by atoms with Crippen LogP contribution in [0.5, 0.6) is 17.2 Å². The summed E-state index contributed by atoms with van der Waals surface area (Å²) in [7, 11) is 0. The third kappa shape index (κ3) is 3.79. The lowest BCUT2D eigenvalue weighted by Gasteiger charge is -2.24. The molecule has 0 radical (unpaired) electrons. The summed E-state index contributed by atoms with van der Waals surface area (Å²) in [5.41, 5.74) is 1.64. The highest BCUT2D eigenvalue weighted by Gasteiger charge is 2.39. The minimum absolute atomic E-state index is 0.107. The molecule has 3 aromatic rings. The zero-order valence-electron chi connectivity index (χ0n) is 18.0. The van der Waals surface area contributed by atoms with E-state index >= 15 is 0 Å². The summed E-state index contributed by atoms with van der Waals surface area (Å²) in [5.74, 6) is 0.730. The molecule has 1 aliphatic heterocycles. The quantitative estimate of drug-likeness (QED) is 0.537. The summed E-state index contributed by atoms with van der Waals surface area (Å²) < 4.78 is 12.2. The number of ether oxygens (including phenoxy) is 1. The average Bonchev–Trinajstić information content (AvgIpc) is 3.13. The first-order chi connectivity index (χ1) is 14.6. The third-order valence-corrected chi connectivity index (χ3v) is 5.60. The number of aromatic hydroxyl groups is 2. The molecule has 31 heavy (non-hydrogen) atoms. The van der Waals surface area contributed by atoms with Crippen LogP contribution < -0.4 is 10.2 Å². The van der Waals surface area contributed by atoms with Gasteiger partial charge in [0, 0.05) is 29.2 Å². The number of benzene rings is 2. The van der Waals surface area contributed by atoms with Crippen LogP contribution in [0.15, 0.2) is 51.2 Å². The molecule has 2 aromatic carbocycles. The molecule has 4 rings (SSSR count). The van der Waals surface area contributed by atoms with E-state index in [0.717, 1.165) is 5.57 Å². The molecule has 1 aromatic heterocycles.